The predicted octanol–water partition coefficient (Wildman–Crippen LogP) is 2.10. The monoisotopic (exact) mass is 393 g/mol. The Bertz CT molecular complexity index is 942. The van der Waals surface area contributed by atoms with Gasteiger partial charge in [-0.1, -0.05) is 37.3 Å². The van der Waals surface area contributed by atoms with E-state index in [1.807, 2.05) is 19.9 Å². The summed E-state index contributed by atoms with van der Waals surface area (Å²) >= 11 is 0. The first-order valence-electron chi connectivity index (χ1n) is 9.40. The van der Waals surface area contributed by atoms with Gasteiger partial charge in [0, 0.05) is 6.04 Å². The average Bonchev–Trinajstić information content (AvgIpc) is 2.74. The summed E-state index contributed by atoms with van der Waals surface area (Å²) in [4.78, 5) is 41.4. The summed E-state index contributed by atoms with van der Waals surface area (Å²) < 4.78 is 0. The van der Waals surface area contributed by atoms with Gasteiger partial charge in [0.1, 0.15) is 6.54 Å². The van der Waals surface area contributed by atoms with Crippen LogP contribution < -0.4 is 21.1 Å². The van der Waals surface area contributed by atoms with Gasteiger partial charge in [0.15, 0.2) is 0 Å². The fraction of sp³-hybridized carbons (Fsp3) is 0.238. The largest absolute Gasteiger partial charge is 0.350 e. The second-order valence-corrected chi connectivity index (χ2v) is 6.62. The van der Waals surface area contributed by atoms with Crippen molar-refractivity contribution in [1.82, 2.24) is 10.7 Å². The molecule has 0 radical (unpaired) electrons. The van der Waals surface area contributed by atoms with Crippen LogP contribution in [-0.4, -0.2) is 36.1 Å². The van der Waals surface area contributed by atoms with Gasteiger partial charge >= 0.3 is 0 Å². The molecule has 0 saturated carbocycles. The molecule has 3 amide bonds. The third-order valence-corrected chi connectivity index (χ3v) is 4.48. The van der Waals surface area contributed by atoms with E-state index in [-0.39, 0.29) is 30.2 Å². The van der Waals surface area contributed by atoms with E-state index in [1.165, 1.54) is 5.01 Å². The summed E-state index contributed by atoms with van der Waals surface area (Å²) in [5.74, 6) is -1.09. The highest BCUT2D eigenvalue weighted by atomic mass is 16.2. The summed E-state index contributed by atoms with van der Waals surface area (Å²) in [6.07, 6.45) is 0.796. The van der Waals surface area contributed by atoms with Gasteiger partial charge in [-0.05, 0) is 37.6 Å². The Morgan fingerprint density at radius 3 is 2.52 bits per heavy atom. The zero-order valence-electron chi connectivity index (χ0n) is 16.3. The molecule has 0 aliphatic carbocycles. The van der Waals surface area contributed by atoms with E-state index in [0.29, 0.717) is 16.9 Å². The van der Waals surface area contributed by atoms with Crippen LogP contribution in [0, 0.1) is 0 Å². The number of nitrogens with zero attached hydrogens (tertiary/aromatic N) is 2. The van der Waals surface area contributed by atoms with E-state index < -0.39 is 5.91 Å². The van der Waals surface area contributed by atoms with Crippen LogP contribution in [0.15, 0.2) is 59.6 Å². The Hall–Kier alpha value is -3.68. The zero-order valence-corrected chi connectivity index (χ0v) is 16.3. The van der Waals surface area contributed by atoms with Crippen molar-refractivity contribution in [2.24, 2.45) is 4.99 Å². The van der Waals surface area contributed by atoms with E-state index >= 15 is 0 Å². The molecule has 29 heavy (non-hydrogen) atoms. The quantitative estimate of drug-likeness (QED) is 0.699. The lowest BCUT2D eigenvalue weighted by Gasteiger charge is -2.27. The van der Waals surface area contributed by atoms with Crippen LogP contribution in [0.3, 0.4) is 0 Å². The summed E-state index contributed by atoms with van der Waals surface area (Å²) in [6, 6.07) is 15.7. The first-order valence-corrected chi connectivity index (χ1v) is 9.40. The number of rotatable bonds is 6. The number of benzene rings is 2. The molecule has 1 aliphatic heterocycles. The van der Waals surface area contributed by atoms with Crippen molar-refractivity contribution in [3.63, 3.8) is 0 Å². The van der Waals surface area contributed by atoms with E-state index in [0.717, 1.165) is 6.42 Å². The van der Waals surface area contributed by atoms with Crippen molar-refractivity contribution in [3.8, 4) is 0 Å². The zero-order chi connectivity index (χ0) is 20.8. The number of hydrazine groups is 1. The Morgan fingerprint density at radius 2 is 1.79 bits per heavy atom. The van der Waals surface area contributed by atoms with Crippen molar-refractivity contribution in [2.45, 2.75) is 26.3 Å². The number of amides is 3. The molecule has 150 valence electrons. The molecule has 3 N–H and O–H groups in total. The van der Waals surface area contributed by atoms with Gasteiger partial charge < -0.3 is 10.6 Å². The minimum atomic E-state index is -0.540. The molecule has 1 aliphatic rings. The smallest absolute Gasteiger partial charge is 0.292 e. The molecule has 1 atom stereocenters. The van der Waals surface area contributed by atoms with Crippen molar-refractivity contribution >= 4 is 34.9 Å². The Morgan fingerprint density at radius 1 is 1.10 bits per heavy atom. The predicted molar refractivity (Wildman–Crippen MR) is 112 cm³/mol. The molecule has 8 heteroatoms. The number of aliphatic imine (C=N–C) groups is 1. The molecule has 8 nitrogen and oxygen atoms in total. The van der Waals surface area contributed by atoms with Crippen molar-refractivity contribution < 1.29 is 14.4 Å². The Balaban J connectivity index is 1.75. The van der Waals surface area contributed by atoms with Crippen LogP contribution in [0.2, 0.25) is 0 Å². The fourth-order valence-corrected chi connectivity index (χ4v) is 2.70. The lowest BCUT2D eigenvalue weighted by molar-refractivity contribution is -0.118. The number of anilines is 2. The molecular formula is C21H23N5O3. The molecule has 0 aromatic heterocycles. The number of carbonyl (C=O) groups excluding carboxylic acids is 3. The highest BCUT2D eigenvalue weighted by molar-refractivity contribution is 6.43. The molecule has 2 aromatic carbocycles. The van der Waals surface area contributed by atoms with Crippen molar-refractivity contribution in [2.75, 3.05) is 16.9 Å². The highest BCUT2D eigenvalue weighted by Gasteiger charge is 2.26. The van der Waals surface area contributed by atoms with Gasteiger partial charge in [-0.2, -0.15) is 0 Å². The van der Waals surface area contributed by atoms with E-state index in [1.54, 1.807) is 48.5 Å². The second-order valence-electron chi connectivity index (χ2n) is 6.62. The topological polar surface area (TPSA) is 103 Å². The molecule has 1 heterocycles. The minimum Gasteiger partial charge on any atom is -0.350 e. The molecular weight excluding hydrogens is 370 g/mol. The second kappa shape index (κ2) is 9.01. The molecule has 0 saturated heterocycles. The van der Waals surface area contributed by atoms with E-state index in [9.17, 15) is 14.4 Å². The van der Waals surface area contributed by atoms with Gasteiger partial charge in [-0.3, -0.25) is 24.8 Å². The van der Waals surface area contributed by atoms with E-state index in [2.05, 4.69) is 21.1 Å². The number of para-hydroxylation sites is 2. The molecule has 2 aromatic rings. The third-order valence-electron chi connectivity index (χ3n) is 4.48. The standard InChI is InChI=1S/C21H23N5O3/c1-3-14(2)23-20(28)16-11-7-8-12-17(16)24-21(29)19-22-13-18(27)26(25-19)15-9-5-4-6-10-15/h4-12,14H,3,13H2,1-2H3,(H,22,25)(H,23,28)(H,24,29). The summed E-state index contributed by atoms with van der Waals surface area (Å²) in [5.41, 5.74) is 4.08. The van der Waals surface area contributed by atoms with Crippen LogP contribution in [0.5, 0.6) is 0 Å². The number of amidine groups is 1. The number of nitrogens with one attached hydrogen (secondary N) is 3. The SMILES string of the molecule is CCC(C)NC(=O)c1ccccc1NC(=O)C1=NCC(=O)N(c2ccccc2)N1. The van der Waals surface area contributed by atoms with Gasteiger partial charge in [-0.15, -0.1) is 0 Å². The summed E-state index contributed by atoms with van der Waals surface area (Å²) in [6.45, 7) is 3.74. The molecule has 0 bridgehead atoms. The van der Waals surface area contributed by atoms with Gasteiger partial charge in [0.05, 0.1) is 16.9 Å². The normalized spacial score (nSPS) is 14.5. The summed E-state index contributed by atoms with van der Waals surface area (Å²) in [5, 5.41) is 6.87. The van der Waals surface area contributed by atoms with Crippen LogP contribution in [0.4, 0.5) is 11.4 Å². The van der Waals surface area contributed by atoms with Crippen LogP contribution in [0.1, 0.15) is 30.6 Å². The molecule has 1 unspecified atom stereocenters. The molecule has 0 spiro atoms. The van der Waals surface area contributed by atoms with Crippen LogP contribution >= 0.6 is 0 Å². The number of hydrogen-bond acceptors (Lipinski definition) is 5. The van der Waals surface area contributed by atoms with E-state index in [4.69, 9.17) is 0 Å². The maximum Gasteiger partial charge on any atom is 0.292 e. The van der Waals surface area contributed by atoms with Crippen molar-refractivity contribution in [3.05, 3.63) is 60.2 Å². The first kappa shape index (κ1) is 20.1. The number of hydrogen-bond donors (Lipinski definition) is 3. The summed E-state index contributed by atoms with van der Waals surface area (Å²) in [7, 11) is 0. The Labute approximate surface area is 169 Å². The van der Waals surface area contributed by atoms with Gasteiger partial charge in [0.2, 0.25) is 5.84 Å². The average molecular weight is 393 g/mol. The fourth-order valence-electron chi connectivity index (χ4n) is 2.70. The van der Waals surface area contributed by atoms with Crippen molar-refractivity contribution in [1.29, 1.82) is 0 Å². The maximum absolute atomic E-state index is 12.7. The lowest BCUT2D eigenvalue weighted by atomic mass is 10.1. The molecule has 0 fully saturated rings. The maximum atomic E-state index is 12.7. The first-order chi connectivity index (χ1) is 14.0. The third kappa shape index (κ3) is 4.78. The van der Waals surface area contributed by atoms with Gasteiger partial charge in [-0.25, -0.2) is 5.01 Å². The van der Waals surface area contributed by atoms with Crippen LogP contribution in [0.25, 0.3) is 0 Å². The van der Waals surface area contributed by atoms with Crippen LogP contribution in [-0.2, 0) is 9.59 Å². The highest BCUT2D eigenvalue weighted by Crippen LogP contribution is 2.17. The lowest BCUT2D eigenvalue weighted by Crippen LogP contribution is -2.54. The molecule has 3 rings (SSSR count). The number of carbonyl (C=O) groups is 3. The minimum absolute atomic E-state index is 0.00871. The Kier molecular flexibility index (Phi) is 6.23. The van der Waals surface area contributed by atoms with Gasteiger partial charge in [0.25, 0.3) is 17.7 Å².